The Bertz CT molecular complexity index is 506. The average molecular weight is 220 g/mol. The maximum absolute atomic E-state index is 11.5. The summed E-state index contributed by atoms with van der Waals surface area (Å²) in [6.07, 6.45) is 0. The monoisotopic (exact) mass is 220 g/mol. The third kappa shape index (κ3) is 1.92. The van der Waals surface area contributed by atoms with Gasteiger partial charge in [-0.25, -0.2) is 4.79 Å². The molecule has 4 N–H and O–H groups in total. The molecular formula is C9H8N4O3. The Hall–Kier alpha value is -2.57. The second kappa shape index (κ2) is 3.89. The Labute approximate surface area is 89.8 Å². The summed E-state index contributed by atoms with van der Waals surface area (Å²) in [5.41, 5.74) is 5.30. The highest BCUT2D eigenvalue weighted by Gasteiger charge is 2.16. The first kappa shape index (κ1) is 9.97. The van der Waals surface area contributed by atoms with Crippen LogP contribution in [0.1, 0.15) is 10.5 Å². The van der Waals surface area contributed by atoms with E-state index in [0.29, 0.717) is 0 Å². The van der Waals surface area contributed by atoms with Gasteiger partial charge in [-0.2, -0.15) is 5.21 Å². The standard InChI is InChI=1S/C9H8N4O3/c10-8-7(11-13-12-8)9(15)16-6-3-1-5(14)2-4-6/h1-4,14H,(H3,10,11,12,13). The van der Waals surface area contributed by atoms with Crippen LogP contribution in [0.2, 0.25) is 0 Å². The number of H-pyrrole nitrogens is 1. The van der Waals surface area contributed by atoms with Gasteiger partial charge in [0.1, 0.15) is 11.5 Å². The Morgan fingerprint density at radius 3 is 2.56 bits per heavy atom. The normalized spacial score (nSPS) is 10.0. The van der Waals surface area contributed by atoms with Crippen molar-refractivity contribution in [3.8, 4) is 11.5 Å². The molecule has 0 atom stereocenters. The van der Waals surface area contributed by atoms with Crippen LogP contribution in [0.15, 0.2) is 24.3 Å². The molecule has 7 heteroatoms. The number of hydrogen-bond donors (Lipinski definition) is 3. The number of aromatic amines is 1. The van der Waals surface area contributed by atoms with Gasteiger partial charge in [0.05, 0.1) is 0 Å². The quantitative estimate of drug-likeness (QED) is 0.495. The molecule has 7 nitrogen and oxygen atoms in total. The summed E-state index contributed by atoms with van der Waals surface area (Å²) in [4.78, 5) is 11.5. The number of carbonyl (C=O) groups is 1. The lowest BCUT2D eigenvalue weighted by Gasteiger charge is -2.01. The van der Waals surface area contributed by atoms with E-state index in [1.165, 1.54) is 24.3 Å². The summed E-state index contributed by atoms with van der Waals surface area (Å²) in [7, 11) is 0. The molecule has 0 aliphatic rings. The Morgan fingerprint density at radius 2 is 2.00 bits per heavy atom. The largest absolute Gasteiger partial charge is 0.508 e. The minimum atomic E-state index is -0.711. The molecule has 82 valence electrons. The van der Waals surface area contributed by atoms with Crippen molar-refractivity contribution in [3.63, 3.8) is 0 Å². The van der Waals surface area contributed by atoms with E-state index in [2.05, 4.69) is 15.4 Å². The average Bonchev–Trinajstić information content (AvgIpc) is 2.68. The molecule has 0 fully saturated rings. The fourth-order valence-corrected chi connectivity index (χ4v) is 1.06. The number of ether oxygens (including phenoxy) is 1. The first-order valence-corrected chi connectivity index (χ1v) is 4.34. The van der Waals surface area contributed by atoms with Crippen LogP contribution in [0.25, 0.3) is 0 Å². The van der Waals surface area contributed by atoms with Gasteiger partial charge in [0, 0.05) is 0 Å². The molecule has 2 aromatic rings. The number of aromatic hydroxyl groups is 1. The number of nitrogens with two attached hydrogens (primary N) is 1. The van der Waals surface area contributed by atoms with Gasteiger partial charge in [-0.3, -0.25) is 0 Å². The number of benzene rings is 1. The summed E-state index contributed by atoms with van der Waals surface area (Å²) >= 11 is 0. The number of nitrogen functional groups attached to an aromatic ring is 1. The fourth-order valence-electron chi connectivity index (χ4n) is 1.06. The van der Waals surface area contributed by atoms with E-state index in [9.17, 15) is 4.79 Å². The van der Waals surface area contributed by atoms with Crippen molar-refractivity contribution in [2.75, 3.05) is 5.73 Å². The number of rotatable bonds is 2. The second-order valence-electron chi connectivity index (χ2n) is 2.94. The third-order valence-corrected chi connectivity index (χ3v) is 1.82. The van der Waals surface area contributed by atoms with Crippen molar-refractivity contribution in [1.29, 1.82) is 0 Å². The molecule has 1 aromatic carbocycles. The number of anilines is 1. The van der Waals surface area contributed by atoms with Crippen LogP contribution in [0.5, 0.6) is 11.5 Å². The van der Waals surface area contributed by atoms with Gasteiger partial charge >= 0.3 is 5.97 Å². The predicted octanol–water partition coefficient (Wildman–Crippen LogP) is 0.312. The van der Waals surface area contributed by atoms with E-state index in [-0.39, 0.29) is 23.0 Å². The van der Waals surface area contributed by atoms with Gasteiger partial charge in [-0.1, -0.05) is 0 Å². The van der Waals surface area contributed by atoms with Gasteiger partial charge in [0.2, 0.25) is 5.69 Å². The highest BCUT2D eigenvalue weighted by molar-refractivity contribution is 5.93. The maximum Gasteiger partial charge on any atom is 0.368 e. The van der Waals surface area contributed by atoms with E-state index < -0.39 is 5.97 Å². The number of hydrogen-bond acceptors (Lipinski definition) is 6. The van der Waals surface area contributed by atoms with Crippen LogP contribution in [-0.4, -0.2) is 26.5 Å². The first-order valence-electron chi connectivity index (χ1n) is 4.34. The van der Waals surface area contributed by atoms with E-state index in [0.717, 1.165) is 0 Å². The number of phenolic OH excluding ortho intramolecular Hbond substituents is 1. The van der Waals surface area contributed by atoms with E-state index in [1.54, 1.807) is 0 Å². The van der Waals surface area contributed by atoms with E-state index >= 15 is 0 Å². The van der Waals surface area contributed by atoms with Crippen LogP contribution in [-0.2, 0) is 0 Å². The van der Waals surface area contributed by atoms with Crippen LogP contribution >= 0.6 is 0 Å². The number of esters is 1. The minimum Gasteiger partial charge on any atom is -0.508 e. The van der Waals surface area contributed by atoms with Gasteiger partial charge in [-0.05, 0) is 24.3 Å². The second-order valence-corrected chi connectivity index (χ2v) is 2.94. The van der Waals surface area contributed by atoms with Crippen LogP contribution < -0.4 is 10.5 Å². The van der Waals surface area contributed by atoms with Crippen molar-refractivity contribution in [2.45, 2.75) is 0 Å². The topological polar surface area (TPSA) is 114 Å². The Morgan fingerprint density at radius 1 is 1.31 bits per heavy atom. The smallest absolute Gasteiger partial charge is 0.368 e. The zero-order valence-electron chi connectivity index (χ0n) is 8.04. The number of aromatic nitrogens is 3. The summed E-state index contributed by atoms with van der Waals surface area (Å²) in [5, 5.41) is 18.3. The molecule has 0 radical (unpaired) electrons. The van der Waals surface area contributed by atoms with Crippen LogP contribution in [0.4, 0.5) is 5.82 Å². The van der Waals surface area contributed by atoms with Crippen molar-refractivity contribution < 1.29 is 14.6 Å². The highest BCUT2D eigenvalue weighted by atomic mass is 16.5. The van der Waals surface area contributed by atoms with Crippen molar-refractivity contribution in [1.82, 2.24) is 15.4 Å². The van der Waals surface area contributed by atoms with Gasteiger partial charge in [-0.15, -0.1) is 10.2 Å². The Balaban J connectivity index is 2.14. The van der Waals surface area contributed by atoms with E-state index in [4.69, 9.17) is 15.6 Å². The van der Waals surface area contributed by atoms with Gasteiger partial charge in [0.25, 0.3) is 0 Å². The maximum atomic E-state index is 11.5. The minimum absolute atomic E-state index is 0.0243. The lowest BCUT2D eigenvalue weighted by atomic mass is 10.3. The third-order valence-electron chi connectivity index (χ3n) is 1.82. The molecule has 0 saturated heterocycles. The predicted molar refractivity (Wildman–Crippen MR) is 53.9 cm³/mol. The molecule has 0 saturated carbocycles. The van der Waals surface area contributed by atoms with Crippen molar-refractivity contribution >= 4 is 11.8 Å². The lowest BCUT2D eigenvalue weighted by Crippen LogP contribution is -2.11. The molecule has 0 aliphatic heterocycles. The lowest BCUT2D eigenvalue weighted by molar-refractivity contribution is 0.0729. The first-order chi connectivity index (χ1) is 7.66. The number of nitrogens with one attached hydrogen (secondary N) is 1. The zero-order valence-corrected chi connectivity index (χ0v) is 8.04. The molecule has 0 unspecified atom stereocenters. The molecule has 0 amide bonds. The summed E-state index contributed by atoms with van der Waals surface area (Å²) in [5.74, 6) is -0.369. The molecule has 0 spiro atoms. The number of phenols is 1. The highest BCUT2D eigenvalue weighted by Crippen LogP contribution is 2.17. The number of carbonyl (C=O) groups excluding carboxylic acids is 1. The van der Waals surface area contributed by atoms with Gasteiger partial charge < -0.3 is 15.6 Å². The fraction of sp³-hybridized carbons (Fsp3) is 0. The summed E-state index contributed by atoms with van der Waals surface area (Å²) < 4.78 is 4.94. The van der Waals surface area contributed by atoms with Gasteiger partial charge in [0.15, 0.2) is 5.82 Å². The molecule has 2 rings (SSSR count). The summed E-state index contributed by atoms with van der Waals surface area (Å²) in [6, 6.07) is 5.69. The molecule has 0 aliphatic carbocycles. The van der Waals surface area contributed by atoms with Crippen molar-refractivity contribution in [3.05, 3.63) is 30.0 Å². The number of nitrogens with zero attached hydrogens (tertiary/aromatic N) is 2. The van der Waals surface area contributed by atoms with Crippen molar-refractivity contribution in [2.24, 2.45) is 0 Å². The SMILES string of the molecule is Nc1n[nH]nc1C(=O)Oc1ccc(O)cc1. The summed E-state index contributed by atoms with van der Waals surface area (Å²) in [6.45, 7) is 0. The molecule has 0 bridgehead atoms. The molecular weight excluding hydrogens is 212 g/mol. The van der Waals surface area contributed by atoms with Crippen LogP contribution in [0.3, 0.4) is 0 Å². The van der Waals surface area contributed by atoms with E-state index in [1.807, 2.05) is 0 Å². The zero-order chi connectivity index (χ0) is 11.5. The molecule has 16 heavy (non-hydrogen) atoms. The Kier molecular flexibility index (Phi) is 2.42. The van der Waals surface area contributed by atoms with Crippen LogP contribution in [0, 0.1) is 0 Å². The molecule has 1 aromatic heterocycles. The molecule has 1 heterocycles.